The Kier molecular flexibility index (Phi) is 52.9. The lowest BCUT2D eigenvalue weighted by molar-refractivity contribution is -0.383. The maximum atomic E-state index is 13.3. The van der Waals surface area contributed by atoms with Gasteiger partial charge in [0, 0.05) is 44.5 Å². The van der Waals surface area contributed by atoms with E-state index in [-0.39, 0.29) is 78.8 Å². The number of fused-ring (bicyclic) bond motifs is 2. The highest BCUT2D eigenvalue weighted by atomic mass is 16.8. The van der Waals surface area contributed by atoms with Gasteiger partial charge in [-0.3, -0.25) is 29.8 Å². The van der Waals surface area contributed by atoms with E-state index in [4.69, 9.17) is 72.3 Å². The molecule has 32 atom stereocenters. The van der Waals surface area contributed by atoms with E-state index in [2.05, 4.69) is 55.1 Å². The number of aliphatic hydroxyl groups is 20. The highest BCUT2D eigenvalue weighted by molar-refractivity contribution is 5.94. The molecule has 0 radical (unpaired) electrons. The lowest BCUT2D eigenvalue weighted by Crippen LogP contribution is -2.65. The number of carbonyl (C=O) groups is 2. The summed E-state index contributed by atoms with van der Waals surface area (Å²) in [4.78, 5) is 44.6. The van der Waals surface area contributed by atoms with Crippen LogP contribution >= 0.6 is 0 Å². The van der Waals surface area contributed by atoms with Gasteiger partial charge in [-0.2, -0.15) is 0 Å². The van der Waals surface area contributed by atoms with Crippen molar-refractivity contribution in [2.75, 3.05) is 76.6 Å². The molecule has 8 heterocycles. The van der Waals surface area contributed by atoms with E-state index in [1.165, 1.54) is 133 Å². The molecule has 4 aromatic rings. The number of ether oxygens (including phenoxy) is 12. The molecule has 141 heavy (non-hydrogen) atoms. The predicted octanol–water partition coefficient (Wildman–Crippen LogP) is -1.03. The molecule has 10 unspecified atom stereocenters. The first kappa shape index (κ1) is 119. The number of nitro benzene ring substituents is 2. The number of rotatable bonds is 59. The molecule has 0 spiro atoms. The zero-order valence-corrected chi connectivity index (χ0v) is 79.3. The summed E-state index contributed by atoms with van der Waals surface area (Å²) in [6.45, 7) is -0.558. The topological polar surface area (TPSA) is 796 Å². The Labute approximate surface area is 813 Å². The lowest BCUT2D eigenvalue weighted by Gasteiger charge is -2.47. The monoisotopic (exact) mass is 2020 g/mol. The number of aromatic nitrogens is 4. The minimum Gasteiger partial charge on any atom is -0.481 e. The summed E-state index contributed by atoms with van der Waals surface area (Å²) in [5.41, 5.74) is 6.56. The van der Waals surface area contributed by atoms with Crippen molar-refractivity contribution in [3.8, 4) is 0 Å². The molecular weight excluding hydrogens is 1880 g/mol. The van der Waals surface area contributed by atoms with Crippen LogP contribution in [0.2, 0.25) is 0 Å². The van der Waals surface area contributed by atoms with Gasteiger partial charge in [-0.1, -0.05) is 167 Å². The van der Waals surface area contributed by atoms with Gasteiger partial charge < -0.3 is 186 Å². The van der Waals surface area contributed by atoms with Gasteiger partial charge in [0.25, 0.3) is 0 Å². The molecule has 0 aliphatic carbocycles. The van der Waals surface area contributed by atoms with Crippen LogP contribution in [0.25, 0.3) is 22.1 Å². The molecule has 6 saturated heterocycles. The van der Waals surface area contributed by atoms with Crippen LogP contribution in [-0.4, -0.2) is 412 Å². The largest absolute Gasteiger partial charge is 0.481 e. The number of non-ortho nitro benzene ring substituents is 2. The number of nitrogens with two attached hydrogens (primary N) is 1. The van der Waals surface area contributed by atoms with Gasteiger partial charge in [0.1, 0.15) is 122 Å². The van der Waals surface area contributed by atoms with E-state index in [9.17, 15) is 132 Å². The number of unbranched alkanes of at least 4 members (excludes halogenated alkanes) is 22. The van der Waals surface area contributed by atoms with Crippen LogP contribution in [0, 0.1) is 20.2 Å². The highest BCUT2D eigenvalue weighted by Crippen LogP contribution is 2.38. The van der Waals surface area contributed by atoms with Crippen LogP contribution in [0.4, 0.5) is 22.7 Å². The number of hydrogen-bond donors (Lipinski definition) is 25. The van der Waals surface area contributed by atoms with Crippen molar-refractivity contribution in [1.29, 1.82) is 0 Å². The molecule has 6 aliphatic rings. The van der Waals surface area contributed by atoms with Crippen LogP contribution in [0.5, 0.6) is 0 Å². The summed E-state index contributed by atoms with van der Waals surface area (Å²) < 4.78 is 77.1. The summed E-state index contributed by atoms with van der Waals surface area (Å²) in [5.74, 6) is -1.50. The van der Waals surface area contributed by atoms with Crippen molar-refractivity contribution in [3.63, 3.8) is 0 Å². The third-order valence-electron chi connectivity index (χ3n) is 25.1. The van der Waals surface area contributed by atoms with Crippen molar-refractivity contribution in [3.05, 3.63) is 68.8 Å². The first-order chi connectivity index (χ1) is 67.8. The number of allylic oxidation sites excluding steroid dienone is 2. The molecule has 0 saturated carbocycles. The Balaban J connectivity index is 0.000000300. The SMILES string of the molecule is CCCCCCCCCCCCC/C=C/[C@@H](O)[C@@H](N)CO[C@@H]1OC(CO)[C@@H](O[C@@H]2OC(CO)[C@H](O[C@@H]3C[C@@H](O)[C@@H](O)C(CO)O3)[C@H](O)C2O)[C@H](O)C1O.CCCCCCCCCCCCC/C=C/[C@@H](O)[C@H](CO[C@@H]1OC(CO)[C@@H](O[C@@H]2OC(CO)[C@H](O[C@@H]3C[C@@H](O)[C@@H](O)C(CO)O3)[C@H](O)C2O)[C@H](O)C1O)NC(=O)CCNc1ccc([N+](=O)[O-])c2nonc12.O=C(O)CCNc1ccc([N+](=O)[O-])c2nonc12. The maximum absolute atomic E-state index is 13.3. The number of amides is 1. The molecule has 51 nitrogen and oxygen atoms in total. The van der Waals surface area contributed by atoms with Crippen molar-refractivity contribution in [2.24, 2.45) is 5.73 Å². The van der Waals surface area contributed by atoms with Crippen molar-refractivity contribution < 1.29 is 193 Å². The van der Waals surface area contributed by atoms with Gasteiger partial charge in [-0.15, -0.1) is 0 Å². The first-order valence-electron chi connectivity index (χ1n) is 48.6. The summed E-state index contributed by atoms with van der Waals surface area (Å²) >= 11 is 0. The number of nitrogens with one attached hydrogen (secondary N) is 3. The number of carboxylic acid groups (broad SMARTS) is 1. The number of aliphatic carboxylic acids is 1. The van der Waals surface area contributed by atoms with Crippen LogP contribution in [0.15, 0.2) is 57.8 Å². The molecule has 6 aliphatic heterocycles. The second kappa shape index (κ2) is 62.7. The lowest BCUT2D eigenvalue weighted by atomic mass is 9.96. The fraction of sp³-hybridized carbons (Fsp3) is 0.800. The minimum absolute atomic E-state index is 0.0124. The fourth-order valence-electron chi connectivity index (χ4n) is 16.9. The third kappa shape index (κ3) is 36.1. The van der Waals surface area contributed by atoms with Gasteiger partial charge in [-0.05, 0) is 58.4 Å². The number of carbonyl (C=O) groups excluding carboxylic acids is 1. The van der Waals surface area contributed by atoms with Gasteiger partial charge >= 0.3 is 17.3 Å². The molecule has 804 valence electrons. The van der Waals surface area contributed by atoms with Crippen molar-refractivity contribution in [2.45, 2.75) is 390 Å². The number of aliphatic hydroxyl groups excluding tert-OH is 20. The predicted molar refractivity (Wildman–Crippen MR) is 490 cm³/mol. The third-order valence-corrected chi connectivity index (χ3v) is 25.1. The number of anilines is 2. The first-order valence-corrected chi connectivity index (χ1v) is 48.6. The van der Waals surface area contributed by atoms with E-state index in [1.54, 1.807) is 12.2 Å². The molecule has 2 aromatic heterocycles. The second-order valence-electron chi connectivity index (χ2n) is 35.8. The summed E-state index contributed by atoms with van der Waals surface area (Å²) in [5, 5.41) is 263. The zero-order valence-electron chi connectivity index (χ0n) is 79.3. The summed E-state index contributed by atoms with van der Waals surface area (Å²) in [6, 6.07) is 3.29. The Morgan fingerprint density at radius 3 is 1.11 bits per heavy atom. The smallest absolute Gasteiger partial charge is 0.305 e. The molecular formula is C90H148N10O41. The fourth-order valence-corrected chi connectivity index (χ4v) is 16.9. The van der Waals surface area contributed by atoms with E-state index in [0.717, 1.165) is 44.9 Å². The number of benzene rings is 2. The van der Waals surface area contributed by atoms with Crippen LogP contribution in [0.1, 0.15) is 194 Å². The Morgan fingerprint density at radius 1 is 0.426 bits per heavy atom. The molecule has 1 amide bonds. The number of carboxylic acids is 1. The normalized spacial score (nSPS) is 31.2. The Bertz CT molecular complexity index is 4260. The second-order valence-corrected chi connectivity index (χ2v) is 35.8. The van der Waals surface area contributed by atoms with Crippen molar-refractivity contribution in [1.82, 2.24) is 25.9 Å². The number of nitrogens with zero attached hydrogens (tertiary/aromatic N) is 6. The van der Waals surface area contributed by atoms with E-state index >= 15 is 0 Å². The highest BCUT2D eigenvalue weighted by Gasteiger charge is 2.56. The molecule has 2 aromatic carbocycles. The van der Waals surface area contributed by atoms with Crippen LogP contribution < -0.4 is 21.7 Å². The van der Waals surface area contributed by atoms with Gasteiger partial charge in [-0.25, -0.2) is 9.26 Å². The van der Waals surface area contributed by atoms with E-state index in [0.29, 0.717) is 17.8 Å². The standard InChI is InChI=1S/C45H73N5O20.C36H67NO16.C9H8N4O5/c1-2-3-4-5-6-7-8-9-10-11-12-13-14-15-28(54)26(47-33(56)18-19-46-25-16-17-27(50(62)63)36-35(25)48-70-49-36)24-64-44-40(60)38(58)43(32(23-53)66-44)69-45-41(61)39(59)42(31(22-52)67-45)68-34-20-29(55)37(57)30(21-51)65-34;1-2-3-4-5-6-7-8-9-10-11-12-13-14-15-22(41)21(37)20-48-35-31(46)29(44)34(26(19-40)50-35)53-36-32(47)30(45)33(25(18-39)51-36)52-27-16-23(42)28(43)24(17-38)49-27;14-7(15)3-4-10-5-1-2-6(13(16)17)9-8(5)11-18-12-9/h14-17,26,28-32,34,37-46,51-55,57-61H,2-13,18-24H2,1H3,(H,47,56);14-15,21-36,38-47H,2-13,16-20,37H2,1H3;1-2,10H,3-4H2,(H,14,15)/b2*15-14+;/t26-,28+,29+,30?,31?,32?,34+,37+,38+,39+,40?,41?,42-,43+,44+,45-;21-,22+,23+,24?,25?,26?,27+,28+,29+,30+,31?,32?,33-,34+,35+,36-;/m00./s1. The Morgan fingerprint density at radius 2 is 0.752 bits per heavy atom. The van der Waals surface area contributed by atoms with Crippen LogP contribution in [0.3, 0.4) is 0 Å². The summed E-state index contributed by atoms with van der Waals surface area (Å²) in [6.07, 6.45) is -11.7. The molecule has 26 N–H and O–H groups in total. The van der Waals surface area contributed by atoms with Crippen molar-refractivity contribution >= 4 is 56.7 Å². The average molecular weight is 2030 g/mol. The molecule has 51 heteroatoms. The van der Waals surface area contributed by atoms with E-state index in [1.807, 2.05) is 6.08 Å². The summed E-state index contributed by atoms with van der Waals surface area (Å²) in [7, 11) is 0. The Hall–Kier alpha value is -7.26. The minimum atomic E-state index is -1.93. The number of hydrogen-bond acceptors (Lipinski definition) is 47. The maximum Gasteiger partial charge on any atom is 0.305 e. The van der Waals surface area contributed by atoms with Gasteiger partial charge in [0.05, 0.1) is 117 Å². The van der Waals surface area contributed by atoms with Gasteiger partial charge in [0.2, 0.25) is 16.9 Å². The average Bonchev–Trinajstić information content (AvgIpc) is 1.53. The molecule has 0 bridgehead atoms. The number of nitro groups is 2. The quantitative estimate of drug-likeness (QED) is 0.0109. The van der Waals surface area contributed by atoms with Gasteiger partial charge in [0.15, 0.2) is 48.8 Å². The molecule has 6 fully saturated rings. The zero-order chi connectivity index (χ0) is 103. The van der Waals surface area contributed by atoms with E-state index < -0.39 is 264 Å². The van der Waals surface area contributed by atoms with Crippen LogP contribution in [-0.2, 0) is 66.4 Å². The molecule has 10 rings (SSSR count).